The molecule has 1 saturated heterocycles. The first-order valence-electron chi connectivity index (χ1n) is 9.63. The number of aromatic nitrogens is 6. The minimum absolute atomic E-state index is 0.212. The Hall–Kier alpha value is -2.82. The van der Waals surface area contributed by atoms with Gasteiger partial charge >= 0.3 is 0 Å². The number of hydrogen-bond donors (Lipinski definition) is 2. The van der Waals surface area contributed by atoms with Crippen LogP contribution >= 0.6 is 15.9 Å². The Morgan fingerprint density at radius 1 is 1.27 bits per heavy atom. The van der Waals surface area contributed by atoms with Crippen molar-refractivity contribution in [2.45, 2.75) is 19.6 Å². The van der Waals surface area contributed by atoms with Crippen molar-refractivity contribution in [1.82, 2.24) is 34.4 Å². The summed E-state index contributed by atoms with van der Waals surface area (Å²) in [7, 11) is 1.92. The second-order valence-corrected chi connectivity index (χ2v) is 8.42. The first-order chi connectivity index (χ1) is 14.5. The van der Waals surface area contributed by atoms with Gasteiger partial charge in [0.15, 0.2) is 5.82 Å². The fraction of sp³-hybridized carbons (Fsp3) is 0.300. The minimum Gasteiger partial charge on any atom is -0.390 e. The molecule has 5 rings (SSSR count). The minimum atomic E-state index is -0.212. The van der Waals surface area contributed by atoms with Crippen molar-refractivity contribution in [2.24, 2.45) is 7.05 Å². The molecule has 0 amide bonds. The van der Waals surface area contributed by atoms with Crippen LogP contribution in [0.25, 0.3) is 16.7 Å². The first-order valence-corrected chi connectivity index (χ1v) is 10.4. The maximum Gasteiger partial charge on any atom is 0.229 e. The van der Waals surface area contributed by atoms with Gasteiger partial charge < -0.3 is 10.4 Å². The standard InChI is InChI=1S/C20H21BrN8O/c1-12-14(8-28-10-16(30)11-28)9-29(26-12)19-17(21)7-22-20(25-19)24-15-3-4-18-13(5-15)6-23-27(18)2/h3-7,9,16,30H,8,10-11H2,1-2H3,(H,22,24,25). The number of benzene rings is 1. The van der Waals surface area contributed by atoms with Gasteiger partial charge in [0.05, 0.1) is 28.0 Å². The van der Waals surface area contributed by atoms with E-state index in [9.17, 15) is 5.11 Å². The molecule has 4 aromatic rings. The number of nitrogens with one attached hydrogen (secondary N) is 1. The SMILES string of the molecule is Cc1nn(-c2nc(Nc3ccc4c(cnn4C)c3)ncc2Br)cc1CN1CC(O)C1. The Kier molecular flexibility index (Phi) is 4.76. The monoisotopic (exact) mass is 468 g/mol. The number of fused-ring (bicyclic) bond motifs is 1. The number of rotatable bonds is 5. The third-order valence-corrected chi connectivity index (χ3v) is 5.84. The first kappa shape index (κ1) is 19.2. The van der Waals surface area contributed by atoms with Crippen LogP contribution < -0.4 is 5.32 Å². The number of hydrogen-bond acceptors (Lipinski definition) is 7. The lowest BCUT2D eigenvalue weighted by atomic mass is 10.1. The highest BCUT2D eigenvalue weighted by Crippen LogP contribution is 2.24. The molecule has 1 aromatic carbocycles. The summed E-state index contributed by atoms with van der Waals surface area (Å²) >= 11 is 3.54. The molecule has 4 heterocycles. The van der Waals surface area contributed by atoms with Crippen molar-refractivity contribution in [1.29, 1.82) is 0 Å². The van der Waals surface area contributed by atoms with Crippen molar-refractivity contribution in [3.8, 4) is 5.82 Å². The summed E-state index contributed by atoms with van der Waals surface area (Å²) in [5.74, 6) is 1.14. The molecule has 2 N–H and O–H groups in total. The van der Waals surface area contributed by atoms with Crippen molar-refractivity contribution < 1.29 is 5.11 Å². The molecular weight excluding hydrogens is 448 g/mol. The lowest BCUT2D eigenvalue weighted by Crippen LogP contribution is -2.49. The zero-order valence-corrected chi connectivity index (χ0v) is 18.2. The zero-order valence-electron chi connectivity index (χ0n) is 16.6. The smallest absolute Gasteiger partial charge is 0.229 e. The van der Waals surface area contributed by atoms with E-state index in [2.05, 4.69) is 46.3 Å². The molecule has 0 saturated carbocycles. The number of aliphatic hydroxyl groups excluding tert-OH is 1. The quantitative estimate of drug-likeness (QED) is 0.464. The summed E-state index contributed by atoms with van der Waals surface area (Å²) < 4.78 is 4.36. The predicted octanol–water partition coefficient (Wildman–Crippen LogP) is 2.54. The second-order valence-electron chi connectivity index (χ2n) is 7.56. The maximum absolute atomic E-state index is 9.50. The topological polar surface area (TPSA) is 96.9 Å². The van der Waals surface area contributed by atoms with Crippen LogP contribution in [0.4, 0.5) is 11.6 Å². The van der Waals surface area contributed by atoms with Crippen LogP contribution in [0, 0.1) is 6.92 Å². The van der Waals surface area contributed by atoms with Crippen LogP contribution in [0.15, 0.2) is 41.3 Å². The number of nitrogens with zero attached hydrogens (tertiary/aromatic N) is 7. The van der Waals surface area contributed by atoms with E-state index in [1.807, 2.05) is 49.2 Å². The fourth-order valence-electron chi connectivity index (χ4n) is 3.62. The molecule has 0 aliphatic carbocycles. The third kappa shape index (κ3) is 3.57. The molecule has 0 bridgehead atoms. The Morgan fingerprint density at radius 3 is 2.90 bits per heavy atom. The average molecular weight is 469 g/mol. The third-order valence-electron chi connectivity index (χ3n) is 5.28. The van der Waals surface area contributed by atoms with Gasteiger partial charge in [0.1, 0.15) is 0 Å². The Labute approximate surface area is 181 Å². The van der Waals surface area contributed by atoms with Gasteiger partial charge in [-0.15, -0.1) is 0 Å². The molecular formula is C20H21BrN8O. The molecule has 0 spiro atoms. The van der Waals surface area contributed by atoms with Gasteiger partial charge in [0.2, 0.25) is 5.95 Å². The number of β-amino-alcohol motifs (C(OH)–C–C–N with tert-alkyl or cyclic N) is 1. The summed E-state index contributed by atoms with van der Waals surface area (Å²) in [5, 5.41) is 22.7. The molecule has 1 aliphatic rings. The number of aliphatic hydroxyl groups is 1. The van der Waals surface area contributed by atoms with E-state index in [0.29, 0.717) is 24.9 Å². The second kappa shape index (κ2) is 7.46. The van der Waals surface area contributed by atoms with Crippen LogP contribution in [0.1, 0.15) is 11.3 Å². The lowest BCUT2D eigenvalue weighted by Gasteiger charge is -2.35. The fourth-order valence-corrected chi connectivity index (χ4v) is 3.99. The Balaban J connectivity index is 1.40. The van der Waals surface area contributed by atoms with Crippen molar-refractivity contribution in [2.75, 3.05) is 18.4 Å². The van der Waals surface area contributed by atoms with Gasteiger partial charge in [0.25, 0.3) is 0 Å². The highest BCUT2D eigenvalue weighted by Gasteiger charge is 2.25. The van der Waals surface area contributed by atoms with E-state index in [0.717, 1.165) is 38.9 Å². The highest BCUT2D eigenvalue weighted by atomic mass is 79.9. The summed E-state index contributed by atoms with van der Waals surface area (Å²) in [4.78, 5) is 11.2. The van der Waals surface area contributed by atoms with Crippen LogP contribution in [0.2, 0.25) is 0 Å². The molecule has 0 radical (unpaired) electrons. The highest BCUT2D eigenvalue weighted by molar-refractivity contribution is 9.10. The van der Waals surface area contributed by atoms with E-state index in [-0.39, 0.29) is 6.10 Å². The van der Waals surface area contributed by atoms with Gasteiger partial charge in [-0.3, -0.25) is 9.58 Å². The number of anilines is 2. The zero-order chi connectivity index (χ0) is 20.8. The molecule has 9 nitrogen and oxygen atoms in total. The molecule has 0 unspecified atom stereocenters. The predicted molar refractivity (Wildman–Crippen MR) is 117 cm³/mol. The molecule has 1 fully saturated rings. The number of halogens is 1. The summed E-state index contributed by atoms with van der Waals surface area (Å²) in [6.07, 6.45) is 5.32. The molecule has 3 aromatic heterocycles. The van der Waals surface area contributed by atoms with Gasteiger partial charge in [-0.2, -0.15) is 15.2 Å². The van der Waals surface area contributed by atoms with Crippen LogP contribution in [-0.2, 0) is 13.6 Å². The van der Waals surface area contributed by atoms with Crippen LogP contribution in [-0.4, -0.2) is 58.7 Å². The molecule has 10 heteroatoms. The van der Waals surface area contributed by atoms with Gasteiger partial charge in [0, 0.05) is 55.7 Å². The summed E-state index contributed by atoms with van der Waals surface area (Å²) in [6, 6.07) is 6.01. The van der Waals surface area contributed by atoms with Crippen molar-refractivity contribution in [3.63, 3.8) is 0 Å². The maximum atomic E-state index is 9.50. The van der Waals surface area contributed by atoms with Crippen molar-refractivity contribution in [3.05, 3.63) is 52.5 Å². The molecule has 30 heavy (non-hydrogen) atoms. The Bertz CT molecular complexity index is 1230. The molecule has 0 atom stereocenters. The normalized spacial score (nSPS) is 14.9. The lowest BCUT2D eigenvalue weighted by molar-refractivity contribution is -0.00297. The van der Waals surface area contributed by atoms with Crippen molar-refractivity contribution >= 4 is 38.5 Å². The summed E-state index contributed by atoms with van der Waals surface area (Å²) in [5.41, 5.74) is 4.01. The Morgan fingerprint density at radius 2 is 2.10 bits per heavy atom. The molecule has 1 aliphatic heterocycles. The van der Waals surface area contributed by atoms with Gasteiger partial charge in [-0.25, -0.2) is 9.67 Å². The van der Waals surface area contributed by atoms with E-state index in [4.69, 9.17) is 0 Å². The largest absolute Gasteiger partial charge is 0.390 e. The number of likely N-dealkylation sites (tertiary alicyclic amines) is 1. The average Bonchev–Trinajstić information content (AvgIpc) is 3.25. The number of aryl methyl sites for hydroxylation is 2. The van der Waals surface area contributed by atoms with Crippen LogP contribution in [0.5, 0.6) is 0 Å². The van der Waals surface area contributed by atoms with E-state index >= 15 is 0 Å². The summed E-state index contributed by atoms with van der Waals surface area (Å²) in [6.45, 7) is 4.16. The molecule has 154 valence electrons. The van der Waals surface area contributed by atoms with E-state index in [1.54, 1.807) is 10.9 Å². The van der Waals surface area contributed by atoms with E-state index in [1.165, 1.54) is 0 Å². The van der Waals surface area contributed by atoms with Crippen LogP contribution in [0.3, 0.4) is 0 Å². The van der Waals surface area contributed by atoms with E-state index < -0.39 is 0 Å². The van der Waals surface area contributed by atoms with Gasteiger partial charge in [-0.05, 0) is 41.1 Å². The van der Waals surface area contributed by atoms with Gasteiger partial charge in [-0.1, -0.05) is 0 Å².